The molecule has 0 atom stereocenters. The average Bonchev–Trinajstić information content (AvgIpc) is 2.40. The maximum Gasteiger partial charge on any atom is 0.127 e. The Hall–Kier alpha value is -1.51. The largest absolute Gasteiger partial charge is 0.496 e. The van der Waals surface area contributed by atoms with Crippen molar-refractivity contribution in [1.82, 2.24) is 0 Å². The van der Waals surface area contributed by atoms with E-state index in [9.17, 15) is 0 Å². The monoisotopic (exact) mass is 262 g/mol. The first kappa shape index (κ1) is 12.9. The van der Waals surface area contributed by atoms with Crippen molar-refractivity contribution in [1.29, 1.82) is 0 Å². The van der Waals surface area contributed by atoms with Gasteiger partial charge in [-0.25, -0.2) is 0 Å². The van der Waals surface area contributed by atoms with Crippen LogP contribution in [0.5, 0.6) is 5.75 Å². The van der Waals surface area contributed by atoms with Crippen LogP contribution in [0.15, 0.2) is 48.5 Å². The molecule has 2 aromatic carbocycles. The molecule has 2 nitrogen and oxygen atoms in total. The van der Waals surface area contributed by atoms with Crippen molar-refractivity contribution in [3.05, 3.63) is 64.7 Å². The van der Waals surface area contributed by atoms with Crippen molar-refractivity contribution in [2.45, 2.75) is 13.1 Å². The highest BCUT2D eigenvalue weighted by Gasteiger charge is 2.05. The lowest BCUT2D eigenvalue weighted by atomic mass is 10.2. The van der Waals surface area contributed by atoms with Crippen LogP contribution in [0.2, 0.25) is 5.02 Å². The summed E-state index contributed by atoms with van der Waals surface area (Å²) < 4.78 is 5.32. The highest BCUT2D eigenvalue weighted by molar-refractivity contribution is 6.30. The number of hydrogen-bond donors (Lipinski definition) is 1. The van der Waals surface area contributed by atoms with E-state index in [1.165, 1.54) is 5.56 Å². The highest BCUT2D eigenvalue weighted by atomic mass is 35.5. The van der Waals surface area contributed by atoms with Gasteiger partial charge in [-0.3, -0.25) is 0 Å². The van der Waals surface area contributed by atoms with Gasteiger partial charge in [0.05, 0.1) is 7.11 Å². The van der Waals surface area contributed by atoms with Crippen molar-refractivity contribution in [3.8, 4) is 5.75 Å². The third-order valence-electron chi connectivity index (χ3n) is 2.83. The minimum absolute atomic E-state index is 0.749. The molecule has 0 fully saturated rings. The number of benzene rings is 2. The zero-order valence-corrected chi connectivity index (χ0v) is 11.2. The quantitative estimate of drug-likeness (QED) is 0.881. The minimum Gasteiger partial charge on any atom is -0.496 e. The van der Waals surface area contributed by atoms with E-state index in [1.807, 2.05) is 24.3 Å². The van der Waals surface area contributed by atoms with Crippen LogP contribution in [0.25, 0.3) is 0 Å². The number of rotatable bonds is 5. The smallest absolute Gasteiger partial charge is 0.127 e. The van der Waals surface area contributed by atoms with Gasteiger partial charge in [-0.2, -0.15) is 0 Å². The van der Waals surface area contributed by atoms with Gasteiger partial charge in [0.1, 0.15) is 18.8 Å². The van der Waals surface area contributed by atoms with Crippen LogP contribution in [0.4, 0.5) is 0 Å². The number of methoxy groups -OCH3 is 1. The van der Waals surface area contributed by atoms with Crippen LogP contribution in [0.1, 0.15) is 11.1 Å². The Labute approximate surface area is 113 Å². The third-order valence-corrected chi connectivity index (χ3v) is 3.06. The fraction of sp³-hybridized carbons (Fsp3) is 0.200. The van der Waals surface area contributed by atoms with E-state index in [4.69, 9.17) is 16.3 Å². The second kappa shape index (κ2) is 6.43. The van der Waals surface area contributed by atoms with Crippen LogP contribution in [-0.2, 0) is 13.1 Å². The van der Waals surface area contributed by atoms with Gasteiger partial charge in [-0.05, 0) is 18.2 Å². The van der Waals surface area contributed by atoms with Crippen molar-refractivity contribution in [2.24, 2.45) is 0 Å². The van der Waals surface area contributed by atoms with Gasteiger partial charge in [-0.1, -0.05) is 41.9 Å². The molecule has 0 unspecified atom stereocenters. The Morgan fingerprint density at radius 2 is 1.83 bits per heavy atom. The maximum atomic E-state index is 6.00. The fourth-order valence-electron chi connectivity index (χ4n) is 1.92. The lowest BCUT2D eigenvalue weighted by Gasteiger charge is -2.08. The summed E-state index contributed by atoms with van der Waals surface area (Å²) in [5.41, 5.74) is 2.44. The van der Waals surface area contributed by atoms with Gasteiger partial charge in [-0.15, -0.1) is 0 Å². The Kier molecular flexibility index (Phi) is 4.62. The summed E-state index contributed by atoms with van der Waals surface area (Å²) in [6, 6.07) is 16.1. The molecule has 0 heterocycles. The summed E-state index contributed by atoms with van der Waals surface area (Å²) in [6.07, 6.45) is 0. The zero-order chi connectivity index (χ0) is 12.8. The Bertz CT molecular complexity index is 499. The first-order chi connectivity index (χ1) is 8.79. The number of halogens is 1. The van der Waals surface area contributed by atoms with Crippen LogP contribution in [0, 0.1) is 0 Å². The van der Waals surface area contributed by atoms with Crippen LogP contribution < -0.4 is 10.1 Å². The lowest BCUT2D eigenvalue weighted by molar-refractivity contribution is -0.686. The maximum absolute atomic E-state index is 6.00. The molecule has 2 rings (SSSR count). The molecule has 2 N–H and O–H groups in total. The molecule has 0 saturated heterocycles. The van der Waals surface area contributed by atoms with Gasteiger partial charge in [0.25, 0.3) is 0 Å². The van der Waals surface area contributed by atoms with Gasteiger partial charge in [0.2, 0.25) is 0 Å². The molecule has 0 aliphatic heterocycles. The Morgan fingerprint density at radius 3 is 2.56 bits per heavy atom. The van der Waals surface area contributed by atoms with Crippen molar-refractivity contribution >= 4 is 11.6 Å². The molecule has 0 amide bonds. The van der Waals surface area contributed by atoms with Crippen LogP contribution in [0.3, 0.4) is 0 Å². The molecular weight excluding hydrogens is 246 g/mol. The minimum atomic E-state index is 0.749. The lowest BCUT2D eigenvalue weighted by Crippen LogP contribution is -2.80. The summed E-state index contributed by atoms with van der Waals surface area (Å²) >= 11 is 6.00. The number of ether oxygens (including phenoxy) is 1. The predicted molar refractivity (Wildman–Crippen MR) is 73.8 cm³/mol. The number of hydrogen-bond acceptors (Lipinski definition) is 1. The molecule has 0 radical (unpaired) electrons. The molecule has 3 heteroatoms. The SMILES string of the molecule is COc1ccc(Cl)cc1C[NH2+]Cc1ccccc1. The third kappa shape index (κ3) is 3.49. The van der Waals surface area contributed by atoms with E-state index in [1.54, 1.807) is 7.11 Å². The van der Waals surface area contributed by atoms with E-state index >= 15 is 0 Å². The first-order valence-electron chi connectivity index (χ1n) is 5.97. The van der Waals surface area contributed by atoms with E-state index in [-0.39, 0.29) is 0 Å². The summed E-state index contributed by atoms with van der Waals surface area (Å²) in [6.45, 7) is 1.81. The van der Waals surface area contributed by atoms with Crippen molar-refractivity contribution < 1.29 is 10.1 Å². The highest BCUT2D eigenvalue weighted by Crippen LogP contribution is 2.21. The van der Waals surface area contributed by atoms with Gasteiger partial charge in [0.15, 0.2) is 0 Å². The second-order valence-corrected chi connectivity index (χ2v) is 4.58. The van der Waals surface area contributed by atoms with Gasteiger partial charge < -0.3 is 10.1 Å². The van der Waals surface area contributed by atoms with E-state index in [0.29, 0.717) is 0 Å². The molecule has 0 saturated carbocycles. The molecule has 18 heavy (non-hydrogen) atoms. The molecule has 0 aromatic heterocycles. The van der Waals surface area contributed by atoms with Crippen molar-refractivity contribution in [2.75, 3.05) is 7.11 Å². The molecule has 0 aliphatic carbocycles. The predicted octanol–water partition coefficient (Wildman–Crippen LogP) is 2.61. The molecule has 2 aromatic rings. The molecular formula is C15H17ClNO+. The molecule has 94 valence electrons. The van der Waals surface area contributed by atoms with Gasteiger partial charge in [0, 0.05) is 16.1 Å². The van der Waals surface area contributed by atoms with E-state index in [0.717, 1.165) is 29.4 Å². The Morgan fingerprint density at radius 1 is 1.06 bits per heavy atom. The topological polar surface area (TPSA) is 25.8 Å². The normalized spacial score (nSPS) is 10.3. The zero-order valence-electron chi connectivity index (χ0n) is 10.4. The molecule has 0 bridgehead atoms. The number of quaternary nitrogens is 1. The van der Waals surface area contributed by atoms with Gasteiger partial charge >= 0.3 is 0 Å². The average molecular weight is 263 g/mol. The van der Waals surface area contributed by atoms with E-state index in [2.05, 4.69) is 29.6 Å². The summed E-state index contributed by atoms with van der Waals surface area (Å²) in [5, 5.41) is 2.99. The Balaban J connectivity index is 1.96. The fourth-order valence-corrected chi connectivity index (χ4v) is 2.11. The standard InChI is InChI=1S/C15H16ClNO/c1-18-15-8-7-14(16)9-13(15)11-17-10-12-5-3-2-4-6-12/h2-9,17H,10-11H2,1H3/p+1. The van der Waals surface area contributed by atoms with Crippen LogP contribution in [-0.4, -0.2) is 7.11 Å². The number of nitrogens with two attached hydrogens (primary N) is 1. The molecule has 0 aliphatic rings. The van der Waals surface area contributed by atoms with Crippen molar-refractivity contribution in [3.63, 3.8) is 0 Å². The molecule has 0 spiro atoms. The first-order valence-corrected chi connectivity index (χ1v) is 6.35. The summed E-state index contributed by atoms with van der Waals surface area (Å²) in [5.74, 6) is 0.892. The van der Waals surface area contributed by atoms with E-state index < -0.39 is 0 Å². The second-order valence-electron chi connectivity index (χ2n) is 4.14. The summed E-state index contributed by atoms with van der Waals surface area (Å²) in [7, 11) is 1.68. The van der Waals surface area contributed by atoms with Crippen LogP contribution >= 0.6 is 11.6 Å². The summed E-state index contributed by atoms with van der Waals surface area (Å²) in [4.78, 5) is 0.